The summed E-state index contributed by atoms with van der Waals surface area (Å²) in [5.41, 5.74) is 0. The van der Waals surface area contributed by atoms with Gasteiger partial charge >= 0.3 is 0 Å². The number of hydrogen-bond donors (Lipinski definition) is 2. The predicted octanol–water partition coefficient (Wildman–Crippen LogP) is 2.09. The van der Waals surface area contributed by atoms with Gasteiger partial charge < -0.3 is 19.4 Å². The Morgan fingerprint density at radius 3 is 2.65 bits per heavy atom. The average Bonchev–Trinajstić information content (AvgIpc) is 3.29. The van der Waals surface area contributed by atoms with Gasteiger partial charge in [0, 0.05) is 44.5 Å². The molecule has 10 heteroatoms. The maximum Gasteiger partial charge on any atom is 0.240 e. The molecule has 0 saturated heterocycles. The smallest absolute Gasteiger partial charge is 0.240 e. The summed E-state index contributed by atoms with van der Waals surface area (Å²) in [6, 6.07) is 4.60. The summed E-state index contributed by atoms with van der Waals surface area (Å²) in [4.78, 5) is 16.0. The summed E-state index contributed by atoms with van der Waals surface area (Å²) >= 11 is 0. The van der Waals surface area contributed by atoms with E-state index in [1.807, 2.05) is 10.8 Å². The predicted molar refractivity (Wildman–Crippen MR) is 116 cm³/mol. The number of imidazole rings is 1. The topological polar surface area (TPSA) is 112 Å². The Morgan fingerprint density at radius 2 is 1.84 bits per heavy atom. The highest BCUT2D eigenvalue weighted by Crippen LogP contribution is 2.32. The number of ether oxygens (including phenoxy) is 2. The highest BCUT2D eigenvalue weighted by molar-refractivity contribution is 7.89. The Kier molecular flexibility index (Phi) is 8.72. The Bertz CT molecular complexity index is 931. The van der Waals surface area contributed by atoms with Crippen molar-refractivity contribution in [1.82, 2.24) is 19.6 Å². The number of unbranched alkanes of at least 4 members (excludes halogenated alkanes) is 3. The number of aromatic nitrogens is 2. The van der Waals surface area contributed by atoms with Crippen LogP contribution in [-0.4, -0.2) is 50.2 Å². The lowest BCUT2D eigenvalue weighted by molar-refractivity contribution is -0.121. The molecule has 0 radical (unpaired) electrons. The van der Waals surface area contributed by atoms with E-state index in [9.17, 15) is 13.2 Å². The number of nitrogens with one attached hydrogen (secondary N) is 2. The molecule has 31 heavy (non-hydrogen) atoms. The number of sulfonamides is 1. The molecule has 2 N–H and O–H groups in total. The van der Waals surface area contributed by atoms with Crippen LogP contribution in [0.5, 0.6) is 11.5 Å². The second kappa shape index (κ2) is 11.7. The number of benzene rings is 1. The van der Waals surface area contributed by atoms with Gasteiger partial charge in [-0.3, -0.25) is 4.79 Å². The number of amides is 1. The largest absolute Gasteiger partial charge is 0.486 e. The van der Waals surface area contributed by atoms with Crippen LogP contribution in [0.15, 0.2) is 41.8 Å². The first kappa shape index (κ1) is 23.1. The van der Waals surface area contributed by atoms with Gasteiger partial charge in [-0.1, -0.05) is 6.42 Å². The second-order valence-corrected chi connectivity index (χ2v) is 9.14. The number of rotatable bonds is 13. The van der Waals surface area contributed by atoms with E-state index in [4.69, 9.17) is 9.47 Å². The lowest BCUT2D eigenvalue weighted by Gasteiger charge is -2.18. The van der Waals surface area contributed by atoms with E-state index in [1.54, 1.807) is 18.6 Å². The van der Waals surface area contributed by atoms with Crippen molar-refractivity contribution in [2.24, 2.45) is 0 Å². The maximum atomic E-state index is 12.4. The number of aryl methyl sites for hydroxylation is 1. The van der Waals surface area contributed by atoms with Crippen LogP contribution in [0.2, 0.25) is 0 Å². The number of carbonyl (C=O) groups excluding carboxylic acids is 1. The van der Waals surface area contributed by atoms with Gasteiger partial charge in [0.25, 0.3) is 0 Å². The van der Waals surface area contributed by atoms with Crippen molar-refractivity contribution in [2.75, 3.05) is 26.3 Å². The highest BCUT2D eigenvalue weighted by Gasteiger charge is 2.18. The van der Waals surface area contributed by atoms with Crippen molar-refractivity contribution < 1.29 is 22.7 Å². The van der Waals surface area contributed by atoms with E-state index in [1.165, 1.54) is 12.1 Å². The van der Waals surface area contributed by atoms with Crippen LogP contribution >= 0.6 is 0 Å². The fourth-order valence-corrected chi connectivity index (χ4v) is 4.31. The lowest BCUT2D eigenvalue weighted by atomic mass is 10.2. The van der Waals surface area contributed by atoms with Gasteiger partial charge in [0.1, 0.15) is 13.2 Å². The standard InChI is InChI=1S/C21H30N4O5S/c26-21(23-9-4-5-12-25-13-11-22-17-25)6-2-1-3-10-24-31(27,28)18-7-8-19-20(16-18)30-15-14-29-19/h7-8,11,13,16-17,24H,1-6,9-10,12,14-15H2,(H,23,26). The third-order valence-electron chi connectivity index (χ3n) is 4.92. The van der Waals surface area contributed by atoms with Crippen molar-refractivity contribution in [2.45, 2.75) is 50.0 Å². The number of carbonyl (C=O) groups is 1. The zero-order valence-corrected chi connectivity index (χ0v) is 18.4. The molecular weight excluding hydrogens is 420 g/mol. The molecule has 0 atom stereocenters. The fourth-order valence-electron chi connectivity index (χ4n) is 3.22. The molecule has 1 aromatic heterocycles. The van der Waals surface area contributed by atoms with E-state index in [0.29, 0.717) is 50.6 Å². The summed E-state index contributed by atoms with van der Waals surface area (Å²) in [5.74, 6) is 1.04. The summed E-state index contributed by atoms with van der Waals surface area (Å²) in [5, 5.41) is 2.93. The van der Waals surface area contributed by atoms with E-state index in [2.05, 4.69) is 15.0 Å². The highest BCUT2D eigenvalue weighted by atomic mass is 32.2. The van der Waals surface area contributed by atoms with Crippen molar-refractivity contribution in [3.8, 4) is 11.5 Å². The van der Waals surface area contributed by atoms with Gasteiger partial charge in [-0.05, 0) is 37.8 Å². The van der Waals surface area contributed by atoms with Gasteiger partial charge in [0.05, 0.1) is 11.2 Å². The molecule has 2 heterocycles. The number of hydrogen-bond acceptors (Lipinski definition) is 6. The minimum Gasteiger partial charge on any atom is -0.486 e. The lowest BCUT2D eigenvalue weighted by Crippen LogP contribution is -2.26. The molecule has 0 bridgehead atoms. The molecule has 0 unspecified atom stereocenters. The van der Waals surface area contributed by atoms with Crippen LogP contribution in [0.3, 0.4) is 0 Å². The van der Waals surface area contributed by atoms with E-state index in [-0.39, 0.29) is 10.8 Å². The third-order valence-corrected chi connectivity index (χ3v) is 6.38. The minimum atomic E-state index is -3.60. The molecule has 0 saturated carbocycles. The third kappa shape index (κ3) is 7.55. The second-order valence-electron chi connectivity index (χ2n) is 7.37. The number of nitrogens with zero attached hydrogens (tertiary/aromatic N) is 2. The Balaban J connectivity index is 1.24. The van der Waals surface area contributed by atoms with Gasteiger partial charge in [-0.25, -0.2) is 18.1 Å². The molecule has 0 spiro atoms. The Labute approximate surface area is 183 Å². The van der Waals surface area contributed by atoms with Crippen LogP contribution in [0, 0.1) is 0 Å². The Morgan fingerprint density at radius 1 is 1.03 bits per heavy atom. The molecule has 170 valence electrons. The molecule has 1 amide bonds. The molecular formula is C21H30N4O5S. The normalized spacial score (nSPS) is 13.2. The van der Waals surface area contributed by atoms with E-state index >= 15 is 0 Å². The molecule has 3 rings (SSSR count). The summed E-state index contributed by atoms with van der Waals surface area (Å²) < 4.78 is 40.3. The summed E-state index contributed by atoms with van der Waals surface area (Å²) in [7, 11) is -3.60. The van der Waals surface area contributed by atoms with Gasteiger partial charge in [0.15, 0.2) is 11.5 Å². The minimum absolute atomic E-state index is 0.0412. The SMILES string of the molecule is O=C(CCCCCNS(=O)(=O)c1ccc2c(c1)OCCO2)NCCCCn1ccnc1. The fraction of sp³-hybridized carbons (Fsp3) is 0.524. The average molecular weight is 451 g/mol. The van der Waals surface area contributed by atoms with Crippen molar-refractivity contribution in [3.05, 3.63) is 36.9 Å². The molecule has 1 aliphatic rings. The quantitative estimate of drug-likeness (QED) is 0.452. The van der Waals surface area contributed by atoms with Crippen LogP contribution in [-0.2, 0) is 21.4 Å². The maximum absolute atomic E-state index is 12.4. The van der Waals surface area contributed by atoms with Crippen LogP contribution in [0.25, 0.3) is 0 Å². The zero-order valence-electron chi connectivity index (χ0n) is 17.6. The first-order valence-corrected chi connectivity index (χ1v) is 12.1. The molecule has 2 aromatic rings. The van der Waals surface area contributed by atoms with Gasteiger partial charge in [0.2, 0.25) is 15.9 Å². The van der Waals surface area contributed by atoms with Crippen LogP contribution < -0.4 is 19.5 Å². The summed E-state index contributed by atoms with van der Waals surface area (Å²) in [6.45, 7) is 2.76. The van der Waals surface area contributed by atoms with Crippen molar-refractivity contribution in [3.63, 3.8) is 0 Å². The van der Waals surface area contributed by atoms with Crippen molar-refractivity contribution >= 4 is 15.9 Å². The molecule has 1 aromatic carbocycles. The molecule has 0 fully saturated rings. The zero-order chi connectivity index (χ0) is 21.9. The van der Waals surface area contributed by atoms with Crippen molar-refractivity contribution in [1.29, 1.82) is 0 Å². The van der Waals surface area contributed by atoms with E-state index < -0.39 is 10.0 Å². The first-order chi connectivity index (χ1) is 15.0. The number of fused-ring (bicyclic) bond motifs is 1. The monoisotopic (exact) mass is 450 g/mol. The van der Waals surface area contributed by atoms with Crippen LogP contribution in [0.4, 0.5) is 0 Å². The molecule has 0 aliphatic carbocycles. The first-order valence-electron chi connectivity index (χ1n) is 10.7. The van der Waals surface area contributed by atoms with Gasteiger partial charge in [-0.15, -0.1) is 0 Å². The van der Waals surface area contributed by atoms with Crippen LogP contribution in [0.1, 0.15) is 38.5 Å². The van der Waals surface area contributed by atoms with Gasteiger partial charge in [-0.2, -0.15) is 0 Å². The molecule has 9 nitrogen and oxygen atoms in total. The van der Waals surface area contributed by atoms with E-state index in [0.717, 1.165) is 32.2 Å². The Hall–Kier alpha value is -2.59. The molecule has 1 aliphatic heterocycles. The summed E-state index contributed by atoms with van der Waals surface area (Å²) in [6.07, 6.45) is 10.0.